The van der Waals surface area contributed by atoms with Crippen LogP contribution in [0.25, 0.3) is 6.08 Å². The second-order valence-electron chi connectivity index (χ2n) is 3.62. The Morgan fingerprint density at radius 1 is 1.40 bits per heavy atom. The summed E-state index contributed by atoms with van der Waals surface area (Å²) in [5.41, 5.74) is 1.34. The summed E-state index contributed by atoms with van der Waals surface area (Å²) >= 11 is 0. The van der Waals surface area contributed by atoms with Crippen LogP contribution in [0, 0.1) is 0 Å². The van der Waals surface area contributed by atoms with Gasteiger partial charge in [0, 0.05) is 11.8 Å². The average molecular weight is 225 g/mol. The zero-order chi connectivity index (χ0) is 11.1. The fourth-order valence-corrected chi connectivity index (χ4v) is 2.49. The SMILES string of the molecule is CC(C)c1nncc2c1C=CNS2(=O)=O. The van der Waals surface area contributed by atoms with Crippen molar-refractivity contribution in [1.82, 2.24) is 14.9 Å². The van der Waals surface area contributed by atoms with Gasteiger partial charge in [-0.2, -0.15) is 10.2 Å². The Hall–Kier alpha value is -1.43. The molecule has 0 bridgehead atoms. The second-order valence-corrected chi connectivity index (χ2v) is 5.30. The smallest absolute Gasteiger partial charge is 0.263 e. The number of hydrogen-bond donors (Lipinski definition) is 1. The molecule has 2 rings (SSSR count). The van der Waals surface area contributed by atoms with Crippen LogP contribution in [-0.2, 0) is 10.0 Å². The molecule has 0 spiro atoms. The van der Waals surface area contributed by atoms with Gasteiger partial charge < -0.3 is 0 Å². The highest BCUT2D eigenvalue weighted by atomic mass is 32.2. The van der Waals surface area contributed by atoms with Gasteiger partial charge in [-0.25, -0.2) is 8.42 Å². The van der Waals surface area contributed by atoms with E-state index in [9.17, 15) is 8.42 Å². The number of nitrogens with one attached hydrogen (secondary N) is 1. The molecule has 0 aliphatic carbocycles. The van der Waals surface area contributed by atoms with Gasteiger partial charge in [0.15, 0.2) is 0 Å². The Morgan fingerprint density at radius 2 is 2.13 bits per heavy atom. The molecule has 2 heterocycles. The van der Waals surface area contributed by atoms with Crippen LogP contribution in [-0.4, -0.2) is 18.6 Å². The van der Waals surface area contributed by atoms with Gasteiger partial charge >= 0.3 is 0 Å². The van der Waals surface area contributed by atoms with Crippen molar-refractivity contribution in [2.24, 2.45) is 0 Å². The first kappa shape index (κ1) is 10.1. The maximum atomic E-state index is 11.6. The van der Waals surface area contributed by atoms with Crippen LogP contribution < -0.4 is 4.72 Å². The Kier molecular flexibility index (Phi) is 2.22. The Bertz CT molecular complexity index is 520. The molecule has 15 heavy (non-hydrogen) atoms. The van der Waals surface area contributed by atoms with Crippen LogP contribution in [0.1, 0.15) is 31.0 Å². The van der Waals surface area contributed by atoms with E-state index in [-0.39, 0.29) is 10.8 Å². The van der Waals surface area contributed by atoms with Gasteiger partial charge in [0.2, 0.25) is 0 Å². The highest BCUT2D eigenvalue weighted by Gasteiger charge is 2.23. The summed E-state index contributed by atoms with van der Waals surface area (Å²) in [6, 6.07) is 0. The average Bonchev–Trinajstić information content (AvgIpc) is 2.16. The van der Waals surface area contributed by atoms with Crippen LogP contribution >= 0.6 is 0 Å². The van der Waals surface area contributed by atoms with Crippen molar-refractivity contribution in [3.63, 3.8) is 0 Å². The summed E-state index contributed by atoms with van der Waals surface area (Å²) in [6.45, 7) is 3.90. The summed E-state index contributed by atoms with van der Waals surface area (Å²) in [4.78, 5) is 0.198. The third-order valence-electron chi connectivity index (χ3n) is 2.19. The number of sulfonamides is 1. The molecule has 1 aromatic rings. The van der Waals surface area contributed by atoms with Gasteiger partial charge in [-0.05, 0) is 12.0 Å². The Morgan fingerprint density at radius 3 is 2.80 bits per heavy atom. The maximum absolute atomic E-state index is 11.6. The van der Waals surface area contributed by atoms with Crippen LogP contribution in [0.15, 0.2) is 17.3 Å². The van der Waals surface area contributed by atoms with E-state index < -0.39 is 10.0 Å². The fourth-order valence-electron chi connectivity index (χ4n) is 1.47. The van der Waals surface area contributed by atoms with E-state index in [0.717, 1.165) is 0 Å². The molecule has 0 radical (unpaired) electrons. The van der Waals surface area contributed by atoms with E-state index in [1.54, 1.807) is 6.08 Å². The molecule has 1 aliphatic rings. The minimum atomic E-state index is -3.44. The normalized spacial score (nSPS) is 17.3. The number of aromatic nitrogens is 2. The second kappa shape index (κ2) is 3.30. The van der Waals surface area contributed by atoms with E-state index >= 15 is 0 Å². The molecule has 0 fully saturated rings. The van der Waals surface area contributed by atoms with E-state index in [1.807, 2.05) is 13.8 Å². The highest BCUT2D eigenvalue weighted by Crippen LogP contribution is 2.26. The molecular formula is C9H11N3O2S. The largest absolute Gasteiger partial charge is 0.286 e. The number of rotatable bonds is 1. The van der Waals surface area contributed by atoms with E-state index in [1.165, 1.54) is 12.4 Å². The number of fused-ring (bicyclic) bond motifs is 1. The molecule has 0 unspecified atom stereocenters. The molecular weight excluding hydrogens is 214 g/mol. The summed E-state index contributed by atoms with van der Waals surface area (Å²) < 4.78 is 25.5. The third kappa shape index (κ3) is 1.61. The highest BCUT2D eigenvalue weighted by molar-refractivity contribution is 7.89. The maximum Gasteiger partial charge on any atom is 0.263 e. The topological polar surface area (TPSA) is 72.0 Å². The molecule has 1 aliphatic heterocycles. The summed E-state index contributed by atoms with van der Waals surface area (Å²) in [7, 11) is -3.44. The zero-order valence-electron chi connectivity index (χ0n) is 8.43. The van der Waals surface area contributed by atoms with Gasteiger partial charge in [-0.1, -0.05) is 13.8 Å². The molecule has 80 valence electrons. The van der Waals surface area contributed by atoms with Crippen LogP contribution in [0.3, 0.4) is 0 Å². The van der Waals surface area contributed by atoms with Crippen LogP contribution in [0.4, 0.5) is 0 Å². The van der Waals surface area contributed by atoms with E-state index in [0.29, 0.717) is 11.3 Å². The van der Waals surface area contributed by atoms with Crippen molar-refractivity contribution < 1.29 is 8.42 Å². The lowest BCUT2D eigenvalue weighted by atomic mass is 10.0. The van der Waals surface area contributed by atoms with Crippen molar-refractivity contribution in [3.8, 4) is 0 Å². The predicted octanol–water partition coefficient (Wildman–Crippen LogP) is 0.863. The van der Waals surface area contributed by atoms with Crippen molar-refractivity contribution in [1.29, 1.82) is 0 Å². The third-order valence-corrected chi connectivity index (χ3v) is 3.54. The van der Waals surface area contributed by atoms with Gasteiger partial charge in [0.25, 0.3) is 10.0 Å². The van der Waals surface area contributed by atoms with Crippen molar-refractivity contribution in [2.45, 2.75) is 24.7 Å². The van der Waals surface area contributed by atoms with Crippen LogP contribution in [0.5, 0.6) is 0 Å². The first-order chi connectivity index (χ1) is 7.02. The first-order valence-electron chi connectivity index (χ1n) is 4.57. The van der Waals surface area contributed by atoms with Crippen molar-refractivity contribution >= 4 is 16.1 Å². The molecule has 1 aromatic heterocycles. The molecule has 0 saturated heterocycles. The van der Waals surface area contributed by atoms with E-state index in [4.69, 9.17) is 0 Å². The monoisotopic (exact) mass is 225 g/mol. The predicted molar refractivity (Wildman–Crippen MR) is 55.5 cm³/mol. The zero-order valence-corrected chi connectivity index (χ0v) is 9.25. The first-order valence-corrected chi connectivity index (χ1v) is 6.05. The van der Waals surface area contributed by atoms with Crippen LogP contribution in [0.2, 0.25) is 0 Å². The Balaban J connectivity index is 2.74. The molecule has 0 saturated carbocycles. The fraction of sp³-hybridized carbons (Fsp3) is 0.333. The van der Waals surface area contributed by atoms with Crippen molar-refractivity contribution in [2.75, 3.05) is 0 Å². The minimum absolute atomic E-state index is 0.144. The van der Waals surface area contributed by atoms with E-state index in [2.05, 4.69) is 14.9 Å². The standard InChI is InChI=1S/C9H11N3O2S/c1-6(2)9-7-3-4-11-15(13,14)8(7)5-10-12-9/h3-6,11H,1-2H3. The number of hydrogen-bond acceptors (Lipinski definition) is 4. The van der Waals surface area contributed by atoms with Gasteiger partial charge in [0.05, 0.1) is 11.9 Å². The quantitative estimate of drug-likeness (QED) is 0.769. The number of nitrogens with zero attached hydrogens (tertiary/aromatic N) is 2. The molecule has 6 heteroatoms. The Labute approximate surface area is 88.3 Å². The molecule has 5 nitrogen and oxygen atoms in total. The molecule has 0 amide bonds. The summed E-state index contributed by atoms with van der Waals surface area (Å²) in [6.07, 6.45) is 4.39. The summed E-state index contributed by atoms with van der Waals surface area (Å²) in [5.74, 6) is 0.144. The molecule has 0 atom stereocenters. The van der Waals surface area contributed by atoms with Gasteiger partial charge in [-0.3, -0.25) is 4.72 Å². The van der Waals surface area contributed by atoms with Gasteiger partial charge in [0.1, 0.15) is 4.90 Å². The lowest BCUT2D eigenvalue weighted by molar-refractivity contribution is 0.587. The molecule has 0 aromatic carbocycles. The minimum Gasteiger partial charge on any atom is -0.286 e. The lowest BCUT2D eigenvalue weighted by Gasteiger charge is -2.15. The van der Waals surface area contributed by atoms with Crippen molar-refractivity contribution in [3.05, 3.63) is 23.7 Å². The molecule has 1 N–H and O–H groups in total. The summed E-state index contributed by atoms with van der Waals surface area (Å²) in [5, 5.41) is 7.68. The van der Waals surface area contributed by atoms with Gasteiger partial charge in [-0.15, -0.1) is 0 Å². The lowest BCUT2D eigenvalue weighted by Crippen LogP contribution is -2.23.